The largest absolute Gasteiger partial charge is 0.412 e. The van der Waals surface area contributed by atoms with Gasteiger partial charge in [0.05, 0.1) is 5.04 Å². The summed E-state index contributed by atoms with van der Waals surface area (Å²) in [6.45, 7) is 1.43. The number of nitrogens with zero attached hydrogens (tertiary/aromatic N) is 1. The van der Waals surface area contributed by atoms with Crippen molar-refractivity contribution in [2.45, 2.75) is 6.42 Å². The molecule has 0 fully saturated rings. The van der Waals surface area contributed by atoms with Gasteiger partial charge in [-0.3, -0.25) is 4.99 Å². The van der Waals surface area contributed by atoms with Crippen LogP contribution in [0.5, 0.6) is 5.75 Å². The third-order valence-corrected chi connectivity index (χ3v) is 4.45. The third kappa shape index (κ3) is 4.60. The standard InChI is InChI=1S/C18H18N2O2S/c21-18(20-11-10-14-4-2-1-3-5-14)22-16-8-6-15(7-9-16)17-19-12-13-23-17/h1-9H,10-13H2,(H,20,21). The van der Waals surface area contributed by atoms with E-state index in [0.29, 0.717) is 12.3 Å². The molecule has 2 aromatic rings. The highest BCUT2D eigenvalue weighted by Gasteiger charge is 2.10. The average Bonchev–Trinajstić information content (AvgIpc) is 3.11. The average molecular weight is 326 g/mol. The first-order valence-electron chi connectivity index (χ1n) is 7.58. The summed E-state index contributed by atoms with van der Waals surface area (Å²) >= 11 is 1.75. The highest BCUT2D eigenvalue weighted by molar-refractivity contribution is 8.14. The fourth-order valence-corrected chi connectivity index (χ4v) is 3.13. The molecule has 5 heteroatoms. The number of aliphatic imine (C=N–C) groups is 1. The maximum atomic E-state index is 11.8. The van der Waals surface area contributed by atoms with E-state index in [1.807, 2.05) is 42.5 Å². The smallest absolute Gasteiger partial charge is 0.410 e. The molecule has 0 spiro atoms. The Bertz CT molecular complexity index is 684. The minimum Gasteiger partial charge on any atom is -0.410 e. The van der Waals surface area contributed by atoms with Crippen LogP contribution >= 0.6 is 11.8 Å². The quantitative estimate of drug-likeness (QED) is 0.915. The summed E-state index contributed by atoms with van der Waals surface area (Å²) in [5, 5.41) is 3.82. The third-order valence-electron chi connectivity index (χ3n) is 3.42. The van der Waals surface area contributed by atoms with Gasteiger partial charge in [-0.1, -0.05) is 30.3 Å². The summed E-state index contributed by atoms with van der Waals surface area (Å²) in [7, 11) is 0. The van der Waals surface area contributed by atoms with Gasteiger partial charge in [0.25, 0.3) is 0 Å². The Morgan fingerprint density at radius 2 is 1.91 bits per heavy atom. The molecule has 3 rings (SSSR count). The van der Waals surface area contributed by atoms with Crippen LogP contribution in [-0.4, -0.2) is 30.0 Å². The summed E-state index contributed by atoms with van der Waals surface area (Å²) < 4.78 is 5.27. The highest BCUT2D eigenvalue weighted by atomic mass is 32.2. The number of ether oxygens (including phenoxy) is 1. The van der Waals surface area contributed by atoms with E-state index < -0.39 is 6.09 Å². The Balaban J connectivity index is 1.46. The zero-order valence-electron chi connectivity index (χ0n) is 12.7. The molecule has 1 heterocycles. The Labute approximate surface area is 140 Å². The number of carbonyl (C=O) groups excluding carboxylic acids is 1. The topological polar surface area (TPSA) is 50.7 Å². The lowest BCUT2D eigenvalue weighted by atomic mass is 10.1. The number of benzene rings is 2. The molecule has 1 N–H and O–H groups in total. The molecule has 118 valence electrons. The second kappa shape index (κ2) is 7.83. The van der Waals surface area contributed by atoms with Gasteiger partial charge >= 0.3 is 6.09 Å². The van der Waals surface area contributed by atoms with E-state index in [1.54, 1.807) is 23.9 Å². The summed E-state index contributed by atoms with van der Waals surface area (Å²) in [5.74, 6) is 1.58. The summed E-state index contributed by atoms with van der Waals surface area (Å²) in [5.41, 5.74) is 2.26. The minimum atomic E-state index is -0.429. The monoisotopic (exact) mass is 326 g/mol. The van der Waals surface area contributed by atoms with Gasteiger partial charge in [0.2, 0.25) is 0 Å². The van der Waals surface area contributed by atoms with E-state index in [0.717, 1.165) is 29.3 Å². The molecule has 0 aliphatic carbocycles. The van der Waals surface area contributed by atoms with Gasteiger partial charge in [-0.25, -0.2) is 4.79 Å². The first kappa shape index (κ1) is 15.6. The van der Waals surface area contributed by atoms with Crippen LogP contribution in [0.1, 0.15) is 11.1 Å². The molecule has 0 atom stereocenters. The van der Waals surface area contributed by atoms with Crippen LogP contribution in [0.3, 0.4) is 0 Å². The van der Waals surface area contributed by atoms with Crippen molar-refractivity contribution in [3.63, 3.8) is 0 Å². The van der Waals surface area contributed by atoms with Crippen molar-refractivity contribution in [3.8, 4) is 5.75 Å². The van der Waals surface area contributed by atoms with Crippen molar-refractivity contribution in [1.29, 1.82) is 0 Å². The normalized spacial score (nSPS) is 13.5. The SMILES string of the molecule is O=C(NCCc1ccccc1)Oc1ccc(C2=NCCS2)cc1. The van der Waals surface area contributed by atoms with Gasteiger partial charge in [0.15, 0.2) is 0 Å². The number of rotatable bonds is 5. The van der Waals surface area contributed by atoms with Crippen LogP contribution in [-0.2, 0) is 6.42 Å². The molecular formula is C18H18N2O2S. The van der Waals surface area contributed by atoms with E-state index in [1.165, 1.54) is 5.56 Å². The summed E-state index contributed by atoms with van der Waals surface area (Å²) in [6, 6.07) is 17.5. The van der Waals surface area contributed by atoms with E-state index in [-0.39, 0.29) is 0 Å². The van der Waals surface area contributed by atoms with Gasteiger partial charge in [-0.05, 0) is 36.2 Å². The lowest BCUT2D eigenvalue weighted by molar-refractivity contribution is 0.200. The maximum Gasteiger partial charge on any atom is 0.412 e. The van der Waals surface area contributed by atoms with E-state index in [4.69, 9.17) is 4.74 Å². The number of amides is 1. The van der Waals surface area contributed by atoms with Crippen LogP contribution in [0.25, 0.3) is 0 Å². The van der Waals surface area contributed by atoms with Crippen LogP contribution in [0.4, 0.5) is 4.79 Å². The van der Waals surface area contributed by atoms with Gasteiger partial charge in [-0.2, -0.15) is 0 Å². The predicted molar refractivity (Wildman–Crippen MR) is 94.5 cm³/mol. The number of carbonyl (C=O) groups is 1. The Morgan fingerprint density at radius 3 is 2.61 bits per heavy atom. The fraction of sp³-hybridized carbons (Fsp3) is 0.222. The molecule has 1 aliphatic rings. The maximum absolute atomic E-state index is 11.8. The number of hydrogen-bond acceptors (Lipinski definition) is 4. The molecule has 0 saturated carbocycles. The summed E-state index contributed by atoms with van der Waals surface area (Å²) in [4.78, 5) is 16.2. The number of hydrogen-bond donors (Lipinski definition) is 1. The molecule has 23 heavy (non-hydrogen) atoms. The van der Waals surface area contributed by atoms with Crippen LogP contribution in [0.15, 0.2) is 59.6 Å². The minimum absolute atomic E-state index is 0.429. The predicted octanol–water partition coefficient (Wildman–Crippen LogP) is 3.51. The molecular weight excluding hydrogens is 308 g/mol. The highest BCUT2D eigenvalue weighted by Crippen LogP contribution is 2.21. The van der Waals surface area contributed by atoms with Crippen molar-refractivity contribution < 1.29 is 9.53 Å². The molecule has 0 aromatic heterocycles. The van der Waals surface area contributed by atoms with E-state index in [2.05, 4.69) is 10.3 Å². The van der Waals surface area contributed by atoms with Crippen molar-refractivity contribution in [1.82, 2.24) is 5.32 Å². The molecule has 2 aromatic carbocycles. The van der Waals surface area contributed by atoms with Crippen molar-refractivity contribution in [2.75, 3.05) is 18.8 Å². The van der Waals surface area contributed by atoms with E-state index in [9.17, 15) is 4.79 Å². The van der Waals surface area contributed by atoms with Gasteiger partial charge in [0.1, 0.15) is 5.75 Å². The Morgan fingerprint density at radius 1 is 1.13 bits per heavy atom. The van der Waals surface area contributed by atoms with Crippen molar-refractivity contribution in [3.05, 3.63) is 65.7 Å². The Hall–Kier alpha value is -2.27. The lowest BCUT2D eigenvalue weighted by Gasteiger charge is -2.07. The molecule has 4 nitrogen and oxygen atoms in total. The molecule has 0 saturated heterocycles. The van der Waals surface area contributed by atoms with E-state index >= 15 is 0 Å². The number of thioether (sulfide) groups is 1. The molecule has 1 aliphatic heterocycles. The van der Waals surface area contributed by atoms with Crippen molar-refractivity contribution in [2.24, 2.45) is 4.99 Å². The first-order valence-corrected chi connectivity index (χ1v) is 8.57. The van der Waals surface area contributed by atoms with Crippen molar-refractivity contribution >= 4 is 22.9 Å². The zero-order valence-corrected chi connectivity index (χ0v) is 13.5. The van der Waals surface area contributed by atoms with Crippen LogP contribution in [0.2, 0.25) is 0 Å². The summed E-state index contributed by atoms with van der Waals surface area (Å²) in [6.07, 6.45) is 0.354. The fourth-order valence-electron chi connectivity index (χ4n) is 2.27. The van der Waals surface area contributed by atoms with Gasteiger partial charge in [0, 0.05) is 24.4 Å². The molecule has 0 unspecified atom stereocenters. The second-order valence-electron chi connectivity index (χ2n) is 5.11. The molecule has 1 amide bonds. The Kier molecular flexibility index (Phi) is 5.32. The van der Waals surface area contributed by atoms with Crippen LogP contribution in [0, 0.1) is 0 Å². The lowest BCUT2D eigenvalue weighted by Crippen LogP contribution is -2.28. The van der Waals surface area contributed by atoms with Gasteiger partial charge < -0.3 is 10.1 Å². The number of nitrogens with one attached hydrogen (secondary N) is 1. The molecule has 0 radical (unpaired) electrons. The molecule has 0 bridgehead atoms. The zero-order chi connectivity index (χ0) is 15.9. The van der Waals surface area contributed by atoms with Crippen LogP contribution < -0.4 is 10.1 Å². The first-order chi connectivity index (χ1) is 11.3. The van der Waals surface area contributed by atoms with Gasteiger partial charge in [-0.15, -0.1) is 11.8 Å². The second-order valence-corrected chi connectivity index (χ2v) is 6.20.